The Morgan fingerprint density at radius 1 is 1.26 bits per heavy atom. The van der Waals surface area contributed by atoms with Gasteiger partial charge in [0, 0.05) is 30.5 Å². The minimum Gasteiger partial charge on any atom is -0.461 e. The third-order valence-corrected chi connectivity index (χ3v) is 3.06. The Hall–Kier alpha value is -1.36. The number of fused-ring (bicyclic) bond motifs is 1. The molecule has 0 bridgehead atoms. The Balaban J connectivity index is 1.95. The van der Waals surface area contributed by atoms with Gasteiger partial charge in [-0.2, -0.15) is 0 Å². The normalized spacial score (nSPS) is 11.3. The van der Waals surface area contributed by atoms with Gasteiger partial charge in [-0.15, -0.1) is 0 Å². The van der Waals surface area contributed by atoms with E-state index < -0.39 is 0 Å². The van der Waals surface area contributed by atoms with Crippen LogP contribution in [-0.4, -0.2) is 31.5 Å². The van der Waals surface area contributed by atoms with Crippen LogP contribution in [0.15, 0.2) is 28.7 Å². The van der Waals surface area contributed by atoms with Crippen LogP contribution >= 0.6 is 0 Å². The van der Waals surface area contributed by atoms with E-state index in [1.165, 1.54) is 10.9 Å². The number of ether oxygens (including phenoxy) is 1. The summed E-state index contributed by atoms with van der Waals surface area (Å²) < 4.78 is 11.0. The molecule has 2 aromatic rings. The van der Waals surface area contributed by atoms with Gasteiger partial charge in [-0.05, 0) is 6.07 Å². The topological polar surface area (TPSA) is 54.6 Å². The van der Waals surface area contributed by atoms with Crippen molar-refractivity contribution in [3.8, 4) is 0 Å². The molecule has 0 unspecified atom stereocenters. The van der Waals surface area contributed by atoms with Gasteiger partial charge in [0.05, 0.1) is 19.8 Å². The fourth-order valence-electron chi connectivity index (χ4n) is 2.15. The first-order valence-corrected chi connectivity index (χ1v) is 6.75. The Morgan fingerprint density at radius 2 is 2.11 bits per heavy atom. The van der Waals surface area contributed by atoms with Crippen LogP contribution < -0.4 is 5.32 Å². The van der Waals surface area contributed by atoms with Crippen LogP contribution in [0.2, 0.25) is 0 Å². The molecule has 1 aromatic heterocycles. The maximum atomic E-state index is 8.60. The van der Waals surface area contributed by atoms with Crippen molar-refractivity contribution >= 4 is 11.0 Å². The van der Waals surface area contributed by atoms with E-state index in [0.717, 1.165) is 30.9 Å². The van der Waals surface area contributed by atoms with Gasteiger partial charge in [0.25, 0.3) is 0 Å². The second kappa shape index (κ2) is 7.28. The number of aryl methyl sites for hydroxylation is 1. The smallest absolute Gasteiger partial charge is 0.134 e. The van der Waals surface area contributed by atoms with Crippen molar-refractivity contribution in [3.05, 3.63) is 35.6 Å². The molecule has 4 heteroatoms. The van der Waals surface area contributed by atoms with Crippen LogP contribution in [0.25, 0.3) is 11.0 Å². The van der Waals surface area contributed by atoms with Gasteiger partial charge in [-0.3, -0.25) is 0 Å². The molecule has 19 heavy (non-hydrogen) atoms. The molecule has 0 spiro atoms. The molecule has 0 fully saturated rings. The molecule has 0 amide bonds. The molecule has 2 rings (SSSR count). The molecule has 1 aromatic carbocycles. The largest absolute Gasteiger partial charge is 0.461 e. The summed E-state index contributed by atoms with van der Waals surface area (Å²) >= 11 is 0. The maximum absolute atomic E-state index is 8.60. The molecule has 2 N–H and O–H groups in total. The van der Waals surface area contributed by atoms with Gasteiger partial charge in [0.15, 0.2) is 0 Å². The Bertz CT molecular complexity index is 507. The minimum atomic E-state index is 0.0757. The molecule has 104 valence electrons. The van der Waals surface area contributed by atoms with E-state index in [4.69, 9.17) is 14.3 Å². The van der Waals surface area contributed by atoms with Crippen LogP contribution in [0.1, 0.15) is 18.2 Å². The summed E-state index contributed by atoms with van der Waals surface area (Å²) in [6, 6.07) is 8.12. The van der Waals surface area contributed by atoms with E-state index in [1.54, 1.807) is 0 Å². The Kier molecular flexibility index (Phi) is 5.39. The Morgan fingerprint density at radius 3 is 2.89 bits per heavy atom. The summed E-state index contributed by atoms with van der Waals surface area (Å²) in [6.07, 6.45) is 0.896. The van der Waals surface area contributed by atoms with Gasteiger partial charge in [-0.1, -0.05) is 25.1 Å². The fourth-order valence-corrected chi connectivity index (χ4v) is 2.15. The number of nitrogens with one attached hydrogen (secondary N) is 1. The number of rotatable bonds is 8. The summed E-state index contributed by atoms with van der Waals surface area (Å²) in [7, 11) is 0. The molecule has 0 aliphatic rings. The highest BCUT2D eigenvalue weighted by Crippen LogP contribution is 2.25. The molecular formula is C15H21NO3. The van der Waals surface area contributed by atoms with Gasteiger partial charge < -0.3 is 19.6 Å². The van der Waals surface area contributed by atoms with E-state index in [1.807, 2.05) is 18.2 Å². The zero-order chi connectivity index (χ0) is 13.5. The molecule has 4 nitrogen and oxygen atoms in total. The SMILES string of the molecule is CCc1oc2ccccc2c1CNCCOCCO. The van der Waals surface area contributed by atoms with Gasteiger partial charge >= 0.3 is 0 Å². The van der Waals surface area contributed by atoms with Crippen LogP contribution in [0, 0.1) is 0 Å². The highest BCUT2D eigenvalue weighted by Gasteiger charge is 2.11. The third kappa shape index (κ3) is 3.56. The van der Waals surface area contributed by atoms with Crippen molar-refractivity contribution in [2.24, 2.45) is 0 Å². The van der Waals surface area contributed by atoms with Gasteiger partial charge in [0.2, 0.25) is 0 Å². The number of aliphatic hydroxyl groups is 1. The second-order valence-corrected chi connectivity index (χ2v) is 4.37. The third-order valence-electron chi connectivity index (χ3n) is 3.06. The van der Waals surface area contributed by atoms with Crippen molar-refractivity contribution in [2.45, 2.75) is 19.9 Å². The highest BCUT2D eigenvalue weighted by atomic mass is 16.5. The van der Waals surface area contributed by atoms with E-state index in [9.17, 15) is 0 Å². The molecule has 0 saturated heterocycles. The number of furan rings is 1. The molecule has 0 aliphatic heterocycles. The number of hydrogen-bond donors (Lipinski definition) is 2. The quantitative estimate of drug-likeness (QED) is 0.716. The predicted octanol–water partition coefficient (Wildman–Crippen LogP) is 2.09. The van der Waals surface area contributed by atoms with Crippen LogP contribution in [0.4, 0.5) is 0 Å². The molecular weight excluding hydrogens is 242 g/mol. The summed E-state index contributed by atoms with van der Waals surface area (Å²) in [6.45, 7) is 4.73. The van der Waals surface area contributed by atoms with E-state index in [-0.39, 0.29) is 6.61 Å². The highest BCUT2D eigenvalue weighted by molar-refractivity contribution is 5.82. The first-order chi connectivity index (χ1) is 9.36. The van der Waals surface area contributed by atoms with Crippen molar-refractivity contribution in [3.63, 3.8) is 0 Å². The van der Waals surface area contributed by atoms with Crippen LogP contribution in [0.5, 0.6) is 0 Å². The average Bonchev–Trinajstić information content (AvgIpc) is 2.81. The maximum Gasteiger partial charge on any atom is 0.134 e. The minimum absolute atomic E-state index is 0.0757. The standard InChI is InChI=1S/C15H21NO3/c1-2-14-13(11-16-7-9-18-10-8-17)12-5-3-4-6-15(12)19-14/h3-6,16-17H,2,7-11H2,1H3. The van der Waals surface area contributed by atoms with Crippen molar-refractivity contribution in [1.29, 1.82) is 0 Å². The summed E-state index contributed by atoms with van der Waals surface area (Å²) in [5.41, 5.74) is 2.19. The van der Waals surface area contributed by atoms with Crippen molar-refractivity contribution in [2.75, 3.05) is 26.4 Å². The lowest BCUT2D eigenvalue weighted by Crippen LogP contribution is -2.20. The van der Waals surface area contributed by atoms with Crippen molar-refractivity contribution < 1.29 is 14.3 Å². The molecule has 0 aliphatic carbocycles. The summed E-state index contributed by atoms with van der Waals surface area (Å²) in [5.74, 6) is 1.05. The zero-order valence-electron chi connectivity index (χ0n) is 11.3. The number of hydrogen-bond acceptors (Lipinski definition) is 4. The lowest BCUT2D eigenvalue weighted by atomic mass is 10.1. The summed E-state index contributed by atoms with van der Waals surface area (Å²) in [4.78, 5) is 0. The predicted molar refractivity (Wildman–Crippen MR) is 75.2 cm³/mol. The number of aliphatic hydroxyl groups excluding tert-OH is 1. The number of para-hydroxylation sites is 1. The first kappa shape index (κ1) is 14.1. The van der Waals surface area contributed by atoms with Crippen molar-refractivity contribution in [1.82, 2.24) is 5.32 Å². The van der Waals surface area contributed by atoms with E-state index in [2.05, 4.69) is 18.3 Å². The average molecular weight is 263 g/mol. The molecule has 1 heterocycles. The molecule has 0 atom stereocenters. The fraction of sp³-hybridized carbons (Fsp3) is 0.467. The lowest BCUT2D eigenvalue weighted by Gasteiger charge is -2.05. The van der Waals surface area contributed by atoms with Gasteiger partial charge in [-0.25, -0.2) is 0 Å². The Labute approximate surface area is 113 Å². The molecule has 0 radical (unpaired) electrons. The second-order valence-electron chi connectivity index (χ2n) is 4.37. The lowest BCUT2D eigenvalue weighted by molar-refractivity contribution is 0.0938. The van der Waals surface area contributed by atoms with E-state index >= 15 is 0 Å². The van der Waals surface area contributed by atoms with E-state index in [0.29, 0.717) is 13.2 Å². The zero-order valence-corrected chi connectivity index (χ0v) is 11.3. The first-order valence-electron chi connectivity index (χ1n) is 6.75. The van der Waals surface area contributed by atoms with Crippen LogP contribution in [-0.2, 0) is 17.7 Å². The molecule has 0 saturated carbocycles. The van der Waals surface area contributed by atoms with Crippen LogP contribution in [0.3, 0.4) is 0 Å². The van der Waals surface area contributed by atoms with Gasteiger partial charge in [0.1, 0.15) is 11.3 Å². The number of benzene rings is 1. The summed E-state index contributed by atoms with van der Waals surface area (Å²) in [5, 5.41) is 13.1. The monoisotopic (exact) mass is 263 g/mol.